The maximum atomic E-state index is 13.4. The number of aryl methyl sites for hydroxylation is 1. The third kappa shape index (κ3) is 4.38. The van der Waals surface area contributed by atoms with Crippen molar-refractivity contribution in [2.45, 2.75) is 32.7 Å². The second-order valence-corrected chi connectivity index (χ2v) is 9.50. The lowest BCUT2D eigenvalue weighted by atomic mass is 10.1. The minimum atomic E-state index is -0.413. The van der Waals surface area contributed by atoms with Crippen LogP contribution >= 0.6 is 11.3 Å². The van der Waals surface area contributed by atoms with Crippen LogP contribution in [0.4, 0.5) is 22.1 Å². The molecule has 1 aliphatic heterocycles. The number of amides is 2. The molecule has 9 heteroatoms. The van der Waals surface area contributed by atoms with Crippen LogP contribution < -0.4 is 31.2 Å². The molecule has 2 amide bonds. The summed E-state index contributed by atoms with van der Waals surface area (Å²) in [5.74, 6) is 0.535. The van der Waals surface area contributed by atoms with Crippen LogP contribution in [0.1, 0.15) is 44.0 Å². The Bertz CT molecular complexity index is 1280. The SMILES string of the molecule is Cc1cccc(Nc2sc(C(=O)NC3CC3)c(N)c2C(=O)Nc2ccc3c(c2)OCCO3)c1C. The van der Waals surface area contributed by atoms with Crippen LogP contribution in [-0.4, -0.2) is 31.1 Å². The molecule has 8 nitrogen and oxygen atoms in total. The number of nitrogens with one attached hydrogen (secondary N) is 3. The molecule has 0 bridgehead atoms. The van der Waals surface area contributed by atoms with Gasteiger partial charge in [-0.25, -0.2) is 0 Å². The third-order valence-corrected chi connectivity index (χ3v) is 7.06. The first-order valence-corrected chi connectivity index (χ1v) is 12.0. The summed E-state index contributed by atoms with van der Waals surface area (Å²) in [7, 11) is 0. The van der Waals surface area contributed by atoms with E-state index >= 15 is 0 Å². The van der Waals surface area contributed by atoms with Gasteiger partial charge in [0.15, 0.2) is 11.5 Å². The Hall–Kier alpha value is -3.72. The normalized spacial score (nSPS) is 14.4. The fraction of sp³-hybridized carbons (Fsp3) is 0.280. The van der Waals surface area contributed by atoms with Crippen LogP contribution in [0.15, 0.2) is 36.4 Å². The molecule has 1 saturated carbocycles. The van der Waals surface area contributed by atoms with E-state index in [0.29, 0.717) is 40.3 Å². The summed E-state index contributed by atoms with van der Waals surface area (Å²) >= 11 is 1.18. The average Bonchev–Trinajstić information content (AvgIpc) is 3.57. The number of benzene rings is 2. The number of carbonyl (C=O) groups is 2. The molecule has 5 rings (SSSR count). The molecule has 176 valence electrons. The highest BCUT2D eigenvalue weighted by molar-refractivity contribution is 7.19. The molecule has 5 N–H and O–H groups in total. The summed E-state index contributed by atoms with van der Waals surface area (Å²) in [6.07, 6.45) is 1.92. The van der Waals surface area contributed by atoms with E-state index < -0.39 is 5.91 Å². The molecule has 2 aromatic carbocycles. The Labute approximate surface area is 201 Å². The van der Waals surface area contributed by atoms with Crippen molar-refractivity contribution in [1.82, 2.24) is 5.32 Å². The van der Waals surface area contributed by atoms with Gasteiger partial charge in [-0.15, -0.1) is 11.3 Å². The van der Waals surface area contributed by atoms with E-state index in [-0.39, 0.29) is 23.2 Å². The largest absolute Gasteiger partial charge is 0.486 e. The van der Waals surface area contributed by atoms with E-state index in [4.69, 9.17) is 15.2 Å². The lowest BCUT2D eigenvalue weighted by Gasteiger charge is -2.19. The highest BCUT2D eigenvalue weighted by Gasteiger charge is 2.30. The first kappa shape index (κ1) is 22.1. The summed E-state index contributed by atoms with van der Waals surface area (Å²) in [4.78, 5) is 26.6. The molecule has 34 heavy (non-hydrogen) atoms. The third-order valence-electron chi connectivity index (χ3n) is 5.94. The molecule has 0 saturated heterocycles. The van der Waals surface area contributed by atoms with Gasteiger partial charge in [-0.3, -0.25) is 9.59 Å². The number of hydrogen-bond acceptors (Lipinski definition) is 7. The van der Waals surface area contributed by atoms with Crippen molar-refractivity contribution in [3.05, 3.63) is 58.0 Å². The Morgan fingerprint density at radius 3 is 2.56 bits per heavy atom. The zero-order valence-corrected chi connectivity index (χ0v) is 19.8. The number of hydrogen-bond donors (Lipinski definition) is 4. The van der Waals surface area contributed by atoms with Gasteiger partial charge < -0.3 is 31.2 Å². The molecule has 1 fully saturated rings. The molecule has 2 heterocycles. The molecule has 1 aromatic heterocycles. The number of rotatable bonds is 6. The zero-order chi connectivity index (χ0) is 23.8. The van der Waals surface area contributed by atoms with E-state index in [1.165, 1.54) is 11.3 Å². The lowest BCUT2D eigenvalue weighted by molar-refractivity contribution is 0.0955. The second kappa shape index (κ2) is 8.90. The minimum absolute atomic E-state index is 0.158. The number of thiophene rings is 1. The van der Waals surface area contributed by atoms with Crippen LogP contribution in [0.2, 0.25) is 0 Å². The topological polar surface area (TPSA) is 115 Å². The van der Waals surface area contributed by atoms with Crippen LogP contribution in [0.5, 0.6) is 11.5 Å². The Morgan fingerprint density at radius 1 is 1.03 bits per heavy atom. The van der Waals surface area contributed by atoms with Crippen molar-refractivity contribution in [2.75, 3.05) is 29.6 Å². The smallest absolute Gasteiger partial charge is 0.263 e. The van der Waals surface area contributed by atoms with Gasteiger partial charge in [0, 0.05) is 23.5 Å². The van der Waals surface area contributed by atoms with Gasteiger partial charge in [-0.1, -0.05) is 12.1 Å². The van der Waals surface area contributed by atoms with Crippen LogP contribution in [0.3, 0.4) is 0 Å². The Balaban J connectivity index is 1.48. The van der Waals surface area contributed by atoms with Gasteiger partial charge in [0.25, 0.3) is 11.8 Å². The maximum absolute atomic E-state index is 13.4. The molecule has 1 aliphatic carbocycles. The van der Waals surface area contributed by atoms with Crippen molar-refractivity contribution in [1.29, 1.82) is 0 Å². The Morgan fingerprint density at radius 2 is 1.79 bits per heavy atom. The second-order valence-electron chi connectivity index (χ2n) is 8.48. The number of carbonyl (C=O) groups excluding carboxylic acids is 2. The molecule has 0 spiro atoms. The molecule has 3 aromatic rings. The summed E-state index contributed by atoms with van der Waals surface area (Å²) < 4.78 is 11.2. The summed E-state index contributed by atoms with van der Waals surface area (Å²) in [6.45, 7) is 4.96. The average molecular weight is 479 g/mol. The molecular weight excluding hydrogens is 452 g/mol. The summed E-state index contributed by atoms with van der Waals surface area (Å²) in [5, 5.41) is 9.70. The van der Waals surface area contributed by atoms with E-state index in [2.05, 4.69) is 16.0 Å². The quantitative estimate of drug-likeness (QED) is 0.411. The fourth-order valence-electron chi connectivity index (χ4n) is 3.73. The van der Waals surface area contributed by atoms with Gasteiger partial charge >= 0.3 is 0 Å². The molecular formula is C25H26N4O4S. The highest BCUT2D eigenvalue weighted by atomic mass is 32.1. The fourth-order valence-corrected chi connectivity index (χ4v) is 4.76. The van der Waals surface area contributed by atoms with Gasteiger partial charge in [0.05, 0.1) is 11.3 Å². The van der Waals surface area contributed by atoms with E-state index in [9.17, 15) is 9.59 Å². The van der Waals surface area contributed by atoms with E-state index in [1.54, 1.807) is 18.2 Å². The van der Waals surface area contributed by atoms with Gasteiger partial charge in [-0.2, -0.15) is 0 Å². The van der Waals surface area contributed by atoms with Crippen molar-refractivity contribution in [3.8, 4) is 11.5 Å². The van der Waals surface area contributed by atoms with Gasteiger partial charge in [0.2, 0.25) is 0 Å². The number of anilines is 4. The summed E-state index contributed by atoms with van der Waals surface area (Å²) in [5.41, 5.74) is 10.3. The maximum Gasteiger partial charge on any atom is 0.263 e. The van der Waals surface area contributed by atoms with E-state index in [0.717, 1.165) is 29.7 Å². The van der Waals surface area contributed by atoms with Crippen molar-refractivity contribution < 1.29 is 19.1 Å². The zero-order valence-electron chi connectivity index (χ0n) is 19.0. The molecule has 0 atom stereocenters. The molecule has 2 aliphatic rings. The molecule has 0 radical (unpaired) electrons. The van der Waals surface area contributed by atoms with Crippen molar-refractivity contribution in [2.24, 2.45) is 0 Å². The number of ether oxygens (including phenoxy) is 2. The van der Waals surface area contributed by atoms with Gasteiger partial charge in [0.1, 0.15) is 23.1 Å². The van der Waals surface area contributed by atoms with Gasteiger partial charge in [-0.05, 0) is 56.0 Å². The molecule has 0 unspecified atom stereocenters. The first-order valence-electron chi connectivity index (χ1n) is 11.2. The lowest BCUT2D eigenvalue weighted by Crippen LogP contribution is -2.25. The standard InChI is InChI=1S/C25H26N4O4S/c1-13-4-3-5-17(14(13)2)29-25-20(21(26)22(34-25)24(31)27-15-6-7-15)23(30)28-16-8-9-18-19(12-16)33-11-10-32-18/h3-5,8-9,12,15,29H,6-7,10-11,26H2,1-2H3,(H,27,31)(H,28,30). The van der Waals surface area contributed by atoms with Crippen LogP contribution in [-0.2, 0) is 0 Å². The predicted octanol–water partition coefficient (Wildman–Crippen LogP) is 4.61. The number of nitrogens with two attached hydrogens (primary N) is 1. The van der Waals surface area contributed by atoms with Crippen molar-refractivity contribution >= 4 is 45.2 Å². The van der Waals surface area contributed by atoms with Crippen molar-refractivity contribution in [3.63, 3.8) is 0 Å². The minimum Gasteiger partial charge on any atom is -0.486 e. The monoisotopic (exact) mass is 478 g/mol. The Kier molecular flexibility index (Phi) is 5.79. The predicted molar refractivity (Wildman–Crippen MR) is 134 cm³/mol. The highest BCUT2D eigenvalue weighted by Crippen LogP contribution is 2.40. The van der Waals surface area contributed by atoms with E-state index in [1.807, 2.05) is 32.0 Å². The van der Waals surface area contributed by atoms with Crippen LogP contribution in [0.25, 0.3) is 0 Å². The number of nitrogen functional groups attached to an aromatic ring is 1. The first-order chi connectivity index (χ1) is 16.4. The van der Waals surface area contributed by atoms with Crippen LogP contribution in [0, 0.1) is 13.8 Å². The number of fused-ring (bicyclic) bond motifs is 1. The summed E-state index contributed by atoms with van der Waals surface area (Å²) in [6, 6.07) is 11.3.